The van der Waals surface area contributed by atoms with Gasteiger partial charge < -0.3 is 24.1 Å². The molecule has 35 heavy (non-hydrogen) atoms. The van der Waals surface area contributed by atoms with Crippen LogP contribution in [-0.4, -0.2) is 40.5 Å². The van der Waals surface area contributed by atoms with Crippen molar-refractivity contribution in [3.8, 4) is 11.5 Å². The second-order valence-corrected chi connectivity index (χ2v) is 8.95. The van der Waals surface area contributed by atoms with Crippen molar-refractivity contribution >= 4 is 11.8 Å². The van der Waals surface area contributed by atoms with Crippen molar-refractivity contribution in [2.45, 2.75) is 56.8 Å². The molecule has 1 saturated carbocycles. The van der Waals surface area contributed by atoms with E-state index in [1.165, 1.54) is 17.6 Å². The number of hydrogen-bond acceptors (Lipinski definition) is 6. The molecule has 1 fully saturated rings. The van der Waals surface area contributed by atoms with Crippen molar-refractivity contribution in [1.82, 2.24) is 15.2 Å². The van der Waals surface area contributed by atoms with E-state index in [-0.39, 0.29) is 31.0 Å². The van der Waals surface area contributed by atoms with E-state index in [0.29, 0.717) is 17.3 Å². The zero-order valence-electron chi connectivity index (χ0n) is 19.5. The fraction of sp³-hybridized carbons (Fsp3) is 0.370. The maximum atomic E-state index is 13.9. The van der Waals surface area contributed by atoms with Crippen LogP contribution in [0.5, 0.6) is 11.5 Å². The summed E-state index contributed by atoms with van der Waals surface area (Å²) >= 11 is 0. The SMILES string of the molecule is O=C(NC1CCCCC1)[C@H](c1ccco1)N(Cc1cccnc1)C(=O)[C@H]1COc2ccccc2O1. The molecule has 8 heteroatoms. The Morgan fingerprint density at radius 1 is 1.03 bits per heavy atom. The molecular formula is C27H29N3O5. The normalized spacial score (nSPS) is 18.5. The highest BCUT2D eigenvalue weighted by atomic mass is 16.6. The number of hydrogen-bond donors (Lipinski definition) is 1. The van der Waals surface area contributed by atoms with Crippen molar-refractivity contribution in [1.29, 1.82) is 0 Å². The molecule has 182 valence electrons. The van der Waals surface area contributed by atoms with E-state index in [2.05, 4.69) is 10.3 Å². The molecule has 5 rings (SSSR count). The highest BCUT2D eigenvalue weighted by molar-refractivity contribution is 5.90. The minimum Gasteiger partial charge on any atom is -0.485 e. The smallest absolute Gasteiger partial charge is 0.268 e. The van der Waals surface area contributed by atoms with Crippen LogP contribution >= 0.6 is 0 Å². The third-order valence-corrected chi connectivity index (χ3v) is 6.47. The molecule has 2 aromatic heterocycles. The van der Waals surface area contributed by atoms with Gasteiger partial charge in [0.2, 0.25) is 6.10 Å². The van der Waals surface area contributed by atoms with Gasteiger partial charge in [0.15, 0.2) is 17.5 Å². The van der Waals surface area contributed by atoms with Crippen molar-refractivity contribution in [3.63, 3.8) is 0 Å². The molecule has 0 saturated heterocycles. The average Bonchev–Trinajstić information content (AvgIpc) is 3.43. The number of amides is 2. The molecule has 3 aromatic rings. The van der Waals surface area contributed by atoms with Crippen molar-refractivity contribution in [3.05, 3.63) is 78.5 Å². The molecule has 0 spiro atoms. The minimum absolute atomic E-state index is 0.0501. The standard InChI is InChI=1S/C27H29N3O5/c31-26(29-20-9-2-1-3-10-20)25(23-13-7-15-33-23)30(17-19-8-6-14-28-16-19)27(32)24-18-34-21-11-4-5-12-22(21)35-24/h4-8,11-16,20,24-25H,1-3,9-10,17-18H2,(H,29,31)/t24-,25+/m1/s1. The van der Waals surface area contributed by atoms with Gasteiger partial charge in [0.25, 0.3) is 11.8 Å². The molecule has 8 nitrogen and oxygen atoms in total. The van der Waals surface area contributed by atoms with Crippen LogP contribution in [0.2, 0.25) is 0 Å². The van der Waals surface area contributed by atoms with Crippen LogP contribution in [0.3, 0.4) is 0 Å². The number of ether oxygens (including phenoxy) is 2. The van der Waals surface area contributed by atoms with Crippen LogP contribution in [0, 0.1) is 0 Å². The monoisotopic (exact) mass is 475 g/mol. The number of carbonyl (C=O) groups is 2. The van der Waals surface area contributed by atoms with Crippen LogP contribution in [0.4, 0.5) is 0 Å². The first-order chi connectivity index (χ1) is 17.2. The quantitative estimate of drug-likeness (QED) is 0.555. The highest BCUT2D eigenvalue weighted by Crippen LogP contribution is 2.33. The number of pyridine rings is 1. The van der Waals surface area contributed by atoms with Gasteiger partial charge in [0, 0.05) is 25.0 Å². The molecule has 0 radical (unpaired) electrons. The molecule has 2 atom stereocenters. The number of rotatable bonds is 7. The van der Waals surface area contributed by atoms with E-state index >= 15 is 0 Å². The topological polar surface area (TPSA) is 93.9 Å². The lowest BCUT2D eigenvalue weighted by molar-refractivity contribution is -0.150. The summed E-state index contributed by atoms with van der Waals surface area (Å²) in [6.45, 7) is 0.214. The lowest BCUT2D eigenvalue weighted by atomic mass is 9.95. The van der Waals surface area contributed by atoms with Gasteiger partial charge >= 0.3 is 0 Å². The predicted molar refractivity (Wildman–Crippen MR) is 128 cm³/mol. The van der Waals surface area contributed by atoms with Crippen LogP contribution < -0.4 is 14.8 Å². The summed E-state index contributed by atoms with van der Waals surface area (Å²) in [6, 6.07) is 13.5. The summed E-state index contributed by atoms with van der Waals surface area (Å²) in [7, 11) is 0. The number of aromatic nitrogens is 1. The first-order valence-corrected chi connectivity index (χ1v) is 12.1. The van der Waals surface area contributed by atoms with E-state index < -0.39 is 12.1 Å². The maximum absolute atomic E-state index is 13.9. The Morgan fingerprint density at radius 2 is 1.86 bits per heavy atom. The van der Waals surface area contributed by atoms with Gasteiger partial charge in [-0.15, -0.1) is 0 Å². The van der Waals surface area contributed by atoms with Crippen molar-refractivity contribution < 1.29 is 23.5 Å². The van der Waals surface area contributed by atoms with Crippen molar-refractivity contribution in [2.75, 3.05) is 6.61 Å². The second-order valence-electron chi connectivity index (χ2n) is 8.95. The molecule has 1 aliphatic carbocycles. The molecule has 2 amide bonds. The van der Waals surface area contributed by atoms with Gasteiger partial charge in [0.05, 0.1) is 6.26 Å². The number of fused-ring (bicyclic) bond motifs is 1. The fourth-order valence-electron chi connectivity index (χ4n) is 4.71. The molecule has 2 aliphatic rings. The summed E-state index contributed by atoms with van der Waals surface area (Å²) in [6.07, 6.45) is 9.19. The molecule has 0 bridgehead atoms. The van der Waals surface area contributed by atoms with Gasteiger partial charge in [-0.25, -0.2) is 0 Å². The number of furan rings is 1. The first kappa shape index (κ1) is 23.0. The Kier molecular flexibility index (Phi) is 6.97. The summed E-state index contributed by atoms with van der Waals surface area (Å²) < 4.78 is 17.5. The Hall–Kier alpha value is -3.81. The van der Waals surface area contributed by atoms with E-state index in [1.54, 1.807) is 42.7 Å². The number of benzene rings is 1. The van der Waals surface area contributed by atoms with Crippen LogP contribution in [-0.2, 0) is 16.1 Å². The number of para-hydroxylation sites is 2. The van der Waals surface area contributed by atoms with Gasteiger partial charge in [-0.3, -0.25) is 14.6 Å². The minimum atomic E-state index is -0.958. The van der Waals surface area contributed by atoms with E-state index in [1.807, 2.05) is 18.2 Å². The van der Waals surface area contributed by atoms with Crippen molar-refractivity contribution in [2.24, 2.45) is 0 Å². The summed E-state index contributed by atoms with van der Waals surface area (Å²) in [5, 5.41) is 3.17. The third kappa shape index (κ3) is 5.31. The van der Waals surface area contributed by atoms with E-state index in [0.717, 1.165) is 31.2 Å². The summed E-state index contributed by atoms with van der Waals surface area (Å²) in [4.78, 5) is 33.3. The van der Waals surface area contributed by atoms with Crippen LogP contribution in [0.25, 0.3) is 0 Å². The zero-order chi connectivity index (χ0) is 24.0. The highest BCUT2D eigenvalue weighted by Gasteiger charge is 2.40. The second kappa shape index (κ2) is 10.6. The van der Waals surface area contributed by atoms with Crippen LogP contribution in [0.15, 0.2) is 71.6 Å². The largest absolute Gasteiger partial charge is 0.485 e. The Bertz CT molecular complexity index is 1130. The maximum Gasteiger partial charge on any atom is 0.268 e. The molecule has 1 N–H and O–H groups in total. The van der Waals surface area contributed by atoms with Gasteiger partial charge in [0.1, 0.15) is 12.4 Å². The molecule has 3 heterocycles. The van der Waals surface area contributed by atoms with Gasteiger partial charge in [-0.05, 0) is 48.7 Å². The molecule has 0 unspecified atom stereocenters. The van der Waals surface area contributed by atoms with Gasteiger partial charge in [-0.2, -0.15) is 0 Å². The number of carbonyl (C=O) groups excluding carboxylic acids is 2. The summed E-state index contributed by atoms with van der Waals surface area (Å²) in [5.74, 6) is 0.866. The number of nitrogens with zero attached hydrogens (tertiary/aromatic N) is 2. The molecule has 1 aliphatic heterocycles. The summed E-state index contributed by atoms with van der Waals surface area (Å²) in [5.41, 5.74) is 0.792. The van der Waals surface area contributed by atoms with Crippen LogP contribution in [0.1, 0.15) is 49.5 Å². The fourth-order valence-corrected chi connectivity index (χ4v) is 4.71. The predicted octanol–water partition coefficient (Wildman–Crippen LogP) is 4.03. The van der Waals surface area contributed by atoms with Gasteiger partial charge in [-0.1, -0.05) is 37.5 Å². The Balaban J connectivity index is 1.45. The lowest BCUT2D eigenvalue weighted by Gasteiger charge is -2.35. The average molecular weight is 476 g/mol. The molecular weight excluding hydrogens is 446 g/mol. The number of nitrogens with one attached hydrogen (secondary N) is 1. The van der Waals surface area contributed by atoms with E-state index in [9.17, 15) is 9.59 Å². The first-order valence-electron chi connectivity index (χ1n) is 12.1. The van der Waals surface area contributed by atoms with E-state index in [4.69, 9.17) is 13.9 Å². The third-order valence-electron chi connectivity index (χ3n) is 6.47. The lowest BCUT2D eigenvalue weighted by Crippen LogP contribution is -2.52. The zero-order valence-corrected chi connectivity index (χ0v) is 19.5. The Morgan fingerprint density at radius 3 is 2.60 bits per heavy atom. The Labute approximate surface area is 204 Å². The molecule has 1 aromatic carbocycles.